The van der Waals surface area contributed by atoms with E-state index in [0.29, 0.717) is 0 Å². The summed E-state index contributed by atoms with van der Waals surface area (Å²) in [5.74, 6) is -1.03. The lowest BCUT2D eigenvalue weighted by atomic mass is 10.0. The summed E-state index contributed by atoms with van der Waals surface area (Å²) in [5.41, 5.74) is 5.92. The van der Waals surface area contributed by atoms with Crippen molar-refractivity contribution >= 4 is 17.6 Å². The number of carbonyl (C=O) groups is 1. The molecule has 0 aliphatic rings. The molecule has 2 N–H and O–H groups in total. The summed E-state index contributed by atoms with van der Waals surface area (Å²) >= 11 is 5.61. The van der Waals surface area contributed by atoms with Gasteiger partial charge in [0.1, 0.15) is 5.82 Å². The first-order valence-electron chi connectivity index (χ1n) is 4.91. The standard InChI is InChI=1S/C11H13ClFNO2/c1-2-16-10(15)6-9(14)7-4-3-5-8(12)11(7)13/h3-5,9H,2,6,14H2,1H3. The molecule has 0 aromatic heterocycles. The highest BCUT2D eigenvalue weighted by atomic mass is 35.5. The zero-order valence-electron chi connectivity index (χ0n) is 8.87. The Morgan fingerprint density at radius 2 is 2.31 bits per heavy atom. The van der Waals surface area contributed by atoms with Crippen LogP contribution >= 0.6 is 11.6 Å². The molecule has 0 amide bonds. The summed E-state index contributed by atoms with van der Waals surface area (Å²) in [4.78, 5) is 11.2. The fourth-order valence-corrected chi connectivity index (χ4v) is 1.50. The molecule has 0 bridgehead atoms. The van der Waals surface area contributed by atoms with E-state index in [1.807, 2.05) is 0 Å². The van der Waals surface area contributed by atoms with Crippen LogP contribution in [0.1, 0.15) is 24.9 Å². The van der Waals surface area contributed by atoms with E-state index in [2.05, 4.69) is 0 Å². The van der Waals surface area contributed by atoms with Crippen LogP contribution in [-0.2, 0) is 9.53 Å². The second-order valence-electron chi connectivity index (χ2n) is 3.26. The summed E-state index contributed by atoms with van der Waals surface area (Å²) in [5, 5.41) is -0.00295. The number of benzene rings is 1. The topological polar surface area (TPSA) is 52.3 Å². The molecule has 88 valence electrons. The van der Waals surface area contributed by atoms with E-state index in [-0.39, 0.29) is 23.6 Å². The van der Waals surface area contributed by atoms with E-state index in [1.54, 1.807) is 13.0 Å². The van der Waals surface area contributed by atoms with Crippen LogP contribution in [0, 0.1) is 5.82 Å². The van der Waals surface area contributed by atoms with Gasteiger partial charge in [-0.3, -0.25) is 4.79 Å². The number of carbonyl (C=O) groups excluding carboxylic acids is 1. The van der Waals surface area contributed by atoms with Crippen molar-refractivity contribution in [3.05, 3.63) is 34.6 Å². The summed E-state index contributed by atoms with van der Waals surface area (Å²) in [6, 6.07) is 3.78. The maximum absolute atomic E-state index is 13.5. The van der Waals surface area contributed by atoms with Crippen molar-refractivity contribution in [1.82, 2.24) is 0 Å². The number of esters is 1. The summed E-state index contributed by atoms with van der Waals surface area (Å²) < 4.78 is 18.3. The van der Waals surface area contributed by atoms with Crippen molar-refractivity contribution in [2.75, 3.05) is 6.61 Å². The van der Waals surface area contributed by atoms with Crippen molar-refractivity contribution in [3.63, 3.8) is 0 Å². The van der Waals surface area contributed by atoms with Crippen LogP contribution in [0.15, 0.2) is 18.2 Å². The number of rotatable bonds is 4. The van der Waals surface area contributed by atoms with Crippen molar-refractivity contribution in [3.8, 4) is 0 Å². The third-order valence-corrected chi connectivity index (χ3v) is 2.36. The van der Waals surface area contributed by atoms with Gasteiger partial charge in [-0.15, -0.1) is 0 Å². The zero-order chi connectivity index (χ0) is 12.1. The van der Waals surface area contributed by atoms with Crippen LogP contribution in [0.4, 0.5) is 4.39 Å². The largest absolute Gasteiger partial charge is 0.466 e. The average Bonchev–Trinajstić information content (AvgIpc) is 2.22. The number of nitrogens with two attached hydrogens (primary N) is 1. The number of halogens is 2. The molecule has 0 saturated heterocycles. The van der Waals surface area contributed by atoms with Crippen molar-refractivity contribution in [2.45, 2.75) is 19.4 Å². The minimum Gasteiger partial charge on any atom is -0.466 e. The molecule has 0 aliphatic carbocycles. The van der Waals surface area contributed by atoms with Crippen LogP contribution in [-0.4, -0.2) is 12.6 Å². The molecule has 0 spiro atoms. The second-order valence-corrected chi connectivity index (χ2v) is 3.67. The van der Waals surface area contributed by atoms with Gasteiger partial charge in [-0.2, -0.15) is 0 Å². The van der Waals surface area contributed by atoms with Gasteiger partial charge >= 0.3 is 5.97 Å². The first-order chi connectivity index (χ1) is 7.56. The monoisotopic (exact) mass is 245 g/mol. The average molecular weight is 246 g/mol. The molecule has 1 atom stereocenters. The quantitative estimate of drug-likeness (QED) is 0.829. The Morgan fingerprint density at radius 3 is 2.94 bits per heavy atom. The minimum absolute atomic E-state index is 0.00295. The Hall–Kier alpha value is -1.13. The molecule has 0 aliphatic heterocycles. The minimum atomic E-state index is -0.738. The van der Waals surface area contributed by atoms with E-state index < -0.39 is 17.8 Å². The predicted molar refractivity (Wildman–Crippen MR) is 59.6 cm³/mol. The molecule has 3 nitrogen and oxygen atoms in total. The highest BCUT2D eigenvalue weighted by Crippen LogP contribution is 2.23. The fourth-order valence-electron chi connectivity index (χ4n) is 1.32. The Morgan fingerprint density at radius 1 is 1.62 bits per heavy atom. The highest BCUT2D eigenvalue weighted by molar-refractivity contribution is 6.30. The summed E-state index contributed by atoms with van der Waals surface area (Å²) in [6.45, 7) is 1.98. The number of ether oxygens (including phenoxy) is 1. The maximum atomic E-state index is 13.5. The predicted octanol–water partition coefficient (Wildman–Crippen LogP) is 2.43. The zero-order valence-corrected chi connectivity index (χ0v) is 9.63. The van der Waals surface area contributed by atoms with Crippen LogP contribution in [0.3, 0.4) is 0 Å². The molecule has 5 heteroatoms. The maximum Gasteiger partial charge on any atom is 0.307 e. The lowest BCUT2D eigenvalue weighted by Crippen LogP contribution is -2.18. The Bertz CT molecular complexity index is 384. The Kier molecular flexibility index (Phi) is 4.71. The third kappa shape index (κ3) is 3.18. The molecule has 16 heavy (non-hydrogen) atoms. The molecule has 1 unspecified atom stereocenters. The molecule has 0 fully saturated rings. The SMILES string of the molecule is CCOC(=O)CC(N)c1cccc(Cl)c1F. The van der Waals surface area contributed by atoms with Crippen molar-refractivity contribution in [2.24, 2.45) is 5.73 Å². The lowest BCUT2D eigenvalue weighted by Gasteiger charge is -2.12. The van der Waals surface area contributed by atoms with E-state index >= 15 is 0 Å². The van der Waals surface area contributed by atoms with Crippen LogP contribution in [0.25, 0.3) is 0 Å². The van der Waals surface area contributed by atoms with Gasteiger partial charge in [-0.1, -0.05) is 23.7 Å². The van der Waals surface area contributed by atoms with E-state index in [4.69, 9.17) is 22.1 Å². The van der Waals surface area contributed by atoms with Gasteiger partial charge in [0.25, 0.3) is 0 Å². The number of hydrogen-bond acceptors (Lipinski definition) is 3. The number of hydrogen-bond donors (Lipinski definition) is 1. The molecule has 1 aromatic carbocycles. The molecular weight excluding hydrogens is 233 g/mol. The van der Waals surface area contributed by atoms with Gasteiger partial charge in [-0.05, 0) is 13.0 Å². The van der Waals surface area contributed by atoms with Gasteiger partial charge < -0.3 is 10.5 Å². The van der Waals surface area contributed by atoms with Gasteiger partial charge in [0, 0.05) is 11.6 Å². The Labute approximate surface area is 98.3 Å². The lowest BCUT2D eigenvalue weighted by molar-refractivity contribution is -0.143. The molecule has 1 aromatic rings. The van der Waals surface area contributed by atoms with Crippen LogP contribution < -0.4 is 5.73 Å². The fraction of sp³-hybridized carbons (Fsp3) is 0.364. The van der Waals surface area contributed by atoms with Crippen LogP contribution in [0.2, 0.25) is 5.02 Å². The third-order valence-electron chi connectivity index (χ3n) is 2.07. The summed E-state index contributed by atoms with van der Waals surface area (Å²) in [7, 11) is 0. The molecular formula is C11H13ClFNO2. The van der Waals surface area contributed by atoms with Crippen LogP contribution in [0.5, 0.6) is 0 Å². The second kappa shape index (κ2) is 5.82. The first-order valence-corrected chi connectivity index (χ1v) is 5.29. The normalized spacial score (nSPS) is 12.2. The van der Waals surface area contributed by atoms with Crippen molar-refractivity contribution < 1.29 is 13.9 Å². The molecule has 1 rings (SSSR count). The van der Waals surface area contributed by atoms with E-state index in [1.165, 1.54) is 12.1 Å². The molecule has 0 heterocycles. The molecule has 0 saturated carbocycles. The Balaban J connectivity index is 2.76. The van der Waals surface area contributed by atoms with Gasteiger partial charge in [0.05, 0.1) is 18.1 Å². The smallest absolute Gasteiger partial charge is 0.307 e. The van der Waals surface area contributed by atoms with Gasteiger partial charge in [-0.25, -0.2) is 4.39 Å². The van der Waals surface area contributed by atoms with E-state index in [0.717, 1.165) is 0 Å². The van der Waals surface area contributed by atoms with Gasteiger partial charge in [0.15, 0.2) is 0 Å². The first kappa shape index (κ1) is 12.9. The van der Waals surface area contributed by atoms with Gasteiger partial charge in [0.2, 0.25) is 0 Å². The van der Waals surface area contributed by atoms with Crippen molar-refractivity contribution in [1.29, 1.82) is 0 Å². The summed E-state index contributed by atoms with van der Waals surface area (Å²) in [6.07, 6.45) is -0.0644. The van der Waals surface area contributed by atoms with E-state index in [9.17, 15) is 9.18 Å². The molecule has 0 radical (unpaired) electrons. The highest BCUT2D eigenvalue weighted by Gasteiger charge is 2.17.